The Morgan fingerprint density at radius 2 is 1.93 bits per heavy atom. The van der Waals surface area contributed by atoms with Gasteiger partial charge in [0.05, 0.1) is 0 Å². The molecule has 0 atom stereocenters. The average Bonchev–Trinajstić information content (AvgIpc) is 2.16. The summed E-state index contributed by atoms with van der Waals surface area (Å²) in [5, 5.41) is 11.0. The SMILES string of the molecule is CC(C)(CNC(=O)O)c1ccc(Br)cc1. The quantitative estimate of drug-likeness (QED) is 0.888. The Hall–Kier alpha value is -1.03. The highest BCUT2D eigenvalue weighted by molar-refractivity contribution is 9.10. The van der Waals surface area contributed by atoms with Crippen LogP contribution in [0.25, 0.3) is 0 Å². The fourth-order valence-corrected chi connectivity index (χ4v) is 1.56. The minimum Gasteiger partial charge on any atom is -0.465 e. The van der Waals surface area contributed by atoms with Crippen molar-refractivity contribution in [3.8, 4) is 0 Å². The molecule has 0 aliphatic heterocycles. The molecule has 0 aromatic heterocycles. The molecule has 4 heteroatoms. The van der Waals surface area contributed by atoms with Crippen LogP contribution < -0.4 is 5.32 Å². The van der Waals surface area contributed by atoms with Crippen molar-refractivity contribution in [2.75, 3.05) is 6.54 Å². The van der Waals surface area contributed by atoms with E-state index in [1.807, 2.05) is 38.1 Å². The molecule has 0 aliphatic rings. The van der Waals surface area contributed by atoms with Gasteiger partial charge in [-0.3, -0.25) is 0 Å². The van der Waals surface area contributed by atoms with Crippen molar-refractivity contribution in [1.82, 2.24) is 5.32 Å². The summed E-state index contributed by atoms with van der Waals surface area (Å²) in [4.78, 5) is 10.4. The predicted molar refractivity (Wildman–Crippen MR) is 63.2 cm³/mol. The molecule has 0 bridgehead atoms. The van der Waals surface area contributed by atoms with E-state index in [-0.39, 0.29) is 5.41 Å². The fraction of sp³-hybridized carbons (Fsp3) is 0.364. The first kappa shape index (κ1) is 12.0. The van der Waals surface area contributed by atoms with Gasteiger partial charge in [-0.2, -0.15) is 0 Å². The minimum atomic E-state index is -0.986. The summed E-state index contributed by atoms with van der Waals surface area (Å²) >= 11 is 3.36. The van der Waals surface area contributed by atoms with Crippen molar-refractivity contribution in [2.24, 2.45) is 0 Å². The van der Waals surface area contributed by atoms with E-state index in [4.69, 9.17) is 5.11 Å². The van der Waals surface area contributed by atoms with Crippen LogP contribution in [0, 0.1) is 0 Å². The maximum absolute atomic E-state index is 10.4. The van der Waals surface area contributed by atoms with E-state index in [0.29, 0.717) is 6.54 Å². The summed E-state index contributed by atoms with van der Waals surface area (Å²) < 4.78 is 1.02. The molecule has 1 aromatic rings. The average molecular weight is 272 g/mol. The molecular formula is C11H14BrNO2. The lowest BCUT2D eigenvalue weighted by atomic mass is 9.85. The van der Waals surface area contributed by atoms with Crippen LogP contribution in [0.3, 0.4) is 0 Å². The molecule has 0 aliphatic carbocycles. The monoisotopic (exact) mass is 271 g/mol. The third-order valence-electron chi connectivity index (χ3n) is 2.31. The lowest BCUT2D eigenvalue weighted by molar-refractivity contribution is 0.192. The van der Waals surface area contributed by atoms with Crippen molar-refractivity contribution < 1.29 is 9.90 Å². The molecule has 0 radical (unpaired) electrons. The van der Waals surface area contributed by atoms with Crippen molar-refractivity contribution in [3.05, 3.63) is 34.3 Å². The number of hydrogen-bond acceptors (Lipinski definition) is 1. The normalized spacial score (nSPS) is 11.1. The molecule has 0 fully saturated rings. The van der Waals surface area contributed by atoms with E-state index < -0.39 is 6.09 Å². The van der Waals surface area contributed by atoms with E-state index in [0.717, 1.165) is 10.0 Å². The Kier molecular flexibility index (Phi) is 3.74. The van der Waals surface area contributed by atoms with Gasteiger partial charge in [0.1, 0.15) is 0 Å². The molecule has 0 heterocycles. The first-order valence-electron chi connectivity index (χ1n) is 4.65. The van der Waals surface area contributed by atoms with E-state index in [1.54, 1.807) is 0 Å². The highest BCUT2D eigenvalue weighted by Gasteiger charge is 2.20. The predicted octanol–water partition coefficient (Wildman–Crippen LogP) is 2.99. The minimum absolute atomic E-state index is 0.195. The molecule has 1 amide bonds. The third-order valence-corrected chi connectivity index (χ3v) is 2.84. The highest BCUT2D eigenvalue weighted by Crippen LogP contribution is 2.23. The molecule has 3 nitrogen and oxygen atoms in total. The largest absolute Gasteiger partial charge is 0.465 e. The number of carbonyl (C=O) groups is 1. The second-order valence-electron chi connectivity index (χ2n) is 4.05. The fourth-order valence-electron chi connectivity index (χ4n) is 1.30. The van der Waals surface area contributed by atoms with Crippen LogP contribution in [-0.4, -0.2) is 17.7 Å². The lowest BCUT2D eigenvalue weighted by Gasteiger charge is -2.24. The third kappa shape index (κ3) is 3.55. The summed E-state index contributed by atoms with van der Waals surface area (Å²) in [7, 11) is 0. The van der Waals surface area contributed by atoms with Crippen molar-refractivity contribution in [2.45, 2.75) is 19.3 Å². The molecule has 15 heavy (non-hydrogen) atoms. The van der Waals surface area contributed by atoms with E-state index in [9.17, 15) is 4.79 Å². The summed E-state index contributed by atoms with van der Waals surface area (Å²) in [5.74, 6) is 0. The molecule has 0 unspecified atom stereocenters. The van der Waals surface area contributed by atoms with Crippen LogP contribution in [-0.2, 0) is 5.41 Å². The van der Waals surface area contributed by atoms with Crippen LogP contribution in [0.2, 0.25) is 0 Å². The van der Waals surface area contributed by atoms with Gasteiger partial charge < -0.3 is 10.4 Å². The molecular weight excluding hydrogens is 258 g/mol. The maximum Gasteiger partial charge on any atom is 0.404 e. The number of nitrogens with one attached hydrogen (secondary N) is 1. The van der Waals surface area contributed by atoms with Gasteiger partial charge in [0.15, 0.2) is 0 Å². The summed E-state index contributed by atoms with van der Waals surface area (Å²) in [6, 6.07) is 7.90. The Labute approximate surface area is 97.6 Å². The smallest absolute Gasteiger partial charge is 0.404 e. The van der Waals surface area contributed by atoms with Crippen LogP contribution in [0.15, 0.2) is 28.7 Å². The zero-order valence-electron chi connectivity index (χ0n) is 8.75. The number of rotatable bonds is 3. The number of amides is 1. The zero-order chi connectivity index (χ0) is 11.5. The van der Waals surface area contributed by atoms with Gasteiger partial charge >= 0.3 is 6.09 Å². The van der Waals surface area contributed by atoms with Gasteiger partial charge in [0.25, 0.3) is 0 Å². The van der Waals surface area contributed by atoms with Crippen LogP contribution in [0.1, 0.15) is 19.4 Å². The van der Waals surface area contributed by atoms with Gasteiger partial charge in [0, 0.05) is 16.4 Å². The van der Waals surface area contributed by atoms with Crippen LogP contribution in [0.5, 0.6) is 0 Å². The number of benzene rings is 1. The van der Waals surface area contributed by atoms with Crippen molar-refractivity contribution >= 4 is 22.0 Å². The lowest BCUT2D eigenvalue weighted by Crippen LogP contribution is -2.35. The summed E-state index contributed by atoms with van der Waals surface area (Å²) in [6.45, 7) is 4.42. The standard InChI is InChI=1S/C11H14BrNO2/c1-11(2,7-13-10(14)15)8-3-5-9(12)6-4-8/h3-6,13H,7H2,1-2H3,(H,14,15). The topological polar surface area (TPSA) is 49.3 Å². The zero-order valence-corrected chi connectivity index (χ0v) is 10.3. The van der Waals surface area contributed by atoms with E-state index in [2.05, 4.69) is 21.2 Å². The van der Waals surface area contributed by atoms with E-state index in [1.165, 1.54) is 0 Å². The van der Waals surface area contributed by atoms with Crippen molar-refractivity contribution in [3.63, 3.8) is 0 Å². The Morgan fingerprint density at radius 1 is 1.40 bits per heavy atom. The molecule has 1 rings (SSSR count). The molecule has 1 aromatic carbocycles. The first-order chi connectivity index (χ1) is 6.92. The van der Waals surface area contributed by atoms with Gasteiger partial charge in [-0.25, -0.2) is 4.79 Å². The second kappa shape index (κ2) is 4.66. The highest BCUT2D eigenvalue weighted by atomic mass is 79.9. The number of halogens is 1. The maximum atomic E-state index is 10.4. The van der Waals surface area contributed by atoms with Crippen LogP contribution >= 0.6 is 15.9 Å². The molecule has 0 spiro atoms. The number of carboxylic acid groups (broad SMARTS) is 1. The molecule has 0 saturated heterocycles. The van der Waals surface area contributed by atoms with Crippen LogP contribution in [0.4, 0.5) is 4.79 Å². The Balaban J connectivity index is 2.76. The van der Waals surface area contributed by atoms with Gasteiger partial charge in [0.2, 0.25) is 0 Å². The van der Waals surface area contributed by atoms with Gasteiger partial charge in [-0.1, -0.05) is 41.9 Å². The summed E-state index contributed by atoms with van der Waals surface area (Å²) in [5.41, 5.74) is 0.915. The second-order valence-corrected chi connectivity index (χ2v) is 4.97. The Bertz CT molecular complexity index is 346. The number of hydrogen-bond donors (Lipinski definition) is 2. The van der Waals surface area contributed by atoms with Gasteiger partial charge in [-0.05, 0) is 17.7 Å². The van der Waals surface area contributed by atoms with Gasteiger partial charge in [-0.15, -0.1) is 0 Å². The molecule has 82 valence electrons. The first-order valence-corrected chi connectivity index (χ1v) is 5.44. The summed E-state index contributed by atoms with van der Waals surface area (Å²) in [6.07, 6.45) is -0.986. The van der Waals surface area contributed by atoms with Crippen molar-refractivity contribution in [1.29, 1.82) is 0 Å². The molecule has 2 N–H and O–H groups in total. The molecule has 0 saturated carbocycles. The Morgan fingerprint density at radius 3 is 2.40 bits per heavy atom. The van der Waals surface area contributed by atoms with E-state index >= 15 is 0 Å².